The maximum Gasteiger partial charge on any atom is 0.132 e. The number of anilines is 1. The van der Waals surface area contributed by atoms with Crippen LogP contribution in [0.5, 0.6) is 11.5 Å². The average Bonchev–Trinajstić information content (AvgIpc) is 2.52. The van der Waals surface area contributed by atoms with Gasteiger partial charge >= 0.3 is 0 Å². The Bertz CT molecular complexity index is 757. The summed E-state index contributed by atoms with van der Waals surface area (Å²) >= 11 is 0. The third-order valence-electron chi connectivity index (χ3n) is 3.24. The average molecular weight is 280 g/mol. The van der Waals surface area contributed by atoms with E-state index in [-0.39, 0.29) is 0 Å². The molecule has 3 rings (SSSR count). The number of hydrogen-bond acceptors (Lipinski definition) is 4. The second kappa shape index (κ2) is 5.71. The summed E-state index contributed by atoms with van der Waals surface area (Å²) in [4.78, 5) is 4.32. The Labute approximate surface area is 123 Å². The molecule has 1 aromatic heterocycles. The van der Waals surface area contributed by atoms with Gasteiger partial charge in [-0.2, -0.15) is 0 Å². The van der Waals surface area contributed by atoms with Crippen LogP contribution in [0.3, 0.4) is 0 Å². The lowest BCUT2D eigenvalue weighted by Crippen LogP contribution is -1.99. The van der Waals surface area contributed by atoms with Gasteiger partial charge in [0.1, 0.15) is 23.9 Å². The monoisotopic (exact) mass is 280 g/mol. The number of methoxy groups -OCH3 is 1. The van der Waals surface area contributed by atoms with Gasteiger partial charge in [-0.3, -0.25) is 0 Å². The minimum atomic E-state index is 0.429. The first-order valence-electron chi connectivity index (χ1n) is 6.67. The van der Waals surface area contributed by atoms with Crippen molar-refractivity contribution in [1.82, 2.24) is 4.98 Å². The zero-order valence-electron chi connectivity index (χ0n) is 11.7. The number of rotatable bonds is 4. The van der Waals surface area contributed by atoms with Crippen LogP contribution in [0, 0.1) is 0 Å². The summed E-state index contributed by atoms with van der Waals surface area (Å²) in [7, 11) is 1.63. The number of aromatic nitrogens is 1. The molecule has 0 radical (unpaired) electrons. The van der Waals surface area contributed by atoms with Crippen LogP contribution in [0.25, 0.3) is 10.9 Å². The Morgan fingerprint density at radius 1 is 1.05 bits per heavy atom. The summed E-state index contributed by atoms with van der Waals surface area (Å²) in [6, 6.07) is 17.4. The highest BCUT2D eigenvalue weighted by molar-refractivity contribution is 5.87. The van der Waals surface area contributed by atoms with E-state index in [2.05, 4.69) is 4.98 Å². The van der Waals surface area contributed by atoms with Crippen LogP contribution in [0.1, 0.15) is 5.56 Å². The Morgan fingerprint density at radius 3 is 2.62 bits per heavy atom. The molecule has 0 saturated carbocycles. The van der Waals surface area contributed by atoms with Crippen LogP contribution in [-0.2, 0) is 6.61 Å². The molecule has 106 valence electrons. The maximum atomic E-state index is 5.90. The molecule has 0 aliphatic heterocycles. The first-order valence-corrected chi connectivity index (χ1v) is 6.67. The third kappa shape index (κ3) is 2.89. The summed E-state index contributed by atoms with van der Waals surface area (Å²) in [5, 5.41) is 0.918. The molecular weight excluding hydrogens is 264 g/mol. The minimum absolute atomic E-state index is 0.429. The van der Waals surface area contributed by atoms with Crippen molar-refractivity contribution in [1.29, 1.82) is 0 Å². The Kier molecular flexibility index (Phi) is 3.60. The Morgan fingerprint density at radius 2 is 1.86 bits per heavy atom. The molecule has 0 spiro atoms. The Hall–Kier alpha value is -2.75. The summed E-state index contributed by atoms with van der Waals surface area (Å²) in [6.45, 7) is 0.491. The largest absolute Gasteiger partial charge is 0.497 e. The lowest BCUT2D eigenvalue weighted by Gasteiger charge is -2.11. The molecule has 4 heteroatoms. The van der Waals surface area contributed by atoms with E-state index in [4.69, 9.17) is 15.2 Å². The molecule has 2 aromatic carbocycles. The van der Waals surface area contributed by atoms with Gasteiger partial charge in [0.05, 0.1) is 12.6 Å². The van der Waals surface area contributed by atoms with Gasteiger partial charge in [0.15, 0.2) is 0 Å². The van der Waals surface area contributed by atoms with Gasteiger partial charge in [-0.15, -0.1) is 0 Å². The van der Waals surface area contributed by atoms with Gasteiger partial charge in [0.25, 0.3) is 0 Å². The van der Waals surface area contributed by atoms with Gasteiger partial charge in [0.2, 0.25) is 0 Å². The van der Waals surface area contributed by atoms with Crippen molar-refractivity contribution in [2.24, 2.45) is 0 Å². The number of pyridine rings is 1. The second-order valence-electron chi connectivity index (χ2n) is 4.70. The zero-order valence-corrected chi connectivity index (χ0v) is 11.7. The van der Waals surface area contributed by atoms with Gasteiger partial charge in [-0.1, -0.05) is 30.3 Å². The first kappa shape index (κ1) is 13.2. The maximum absolute atomic E-state index is 5.90. The lowest BCUT2D eigenvalue weighted by atomic mass is 10.2. The standard InChI is InChI=1S/C17H16N2O2/c1-20-13-7-8-14-15(9-13)19-17(18)10-16(14)21-11-12-5-3-2-4-6-12/h2-10H,11H2,1H3,(H2,18,19). The molecule has 0 bridgehead atoms. The number of nitrogens with two attached hydrogens (primary N) is 1. The van der Waals surface area contributed by atoms with Crippen LogP contribution in [-0.4, -0.2) is 12.1 Å². The van der Waals surface area contributed by atoms with Crippen molar-refractivity contribution in [2.45, 2.75) is 6.61 Å². The number of hydrogen-bond donors (Lipinski definition) is 1. The highest BCUT2D eigenvalue weighted by Gasteiger charge is 2.07. The minimum Gasteiger partial charge on any atom is -0.497 e. The van der Waals surface area contributed by atoms with Gasteiger partial charge < -0.3 is 15.2 Å². The summed E-state index contributed by atoms with van der Waals surface area (Å²) in [5.41, 5.74) is 7.72. The molecule has 2 N–H and O–H groups in total. The molecule has 21 heavy (non-hydrogen) atoms. The highest BCUT2D eigenvalue weighted by atomic mass is 16.5. The van der Waals surface area contributed by atoms with E-state index in [1.54, 1.807) is 13.2 Å². The SMILES string of the molecule is COc1ccc2c(OCc3ccccc3)cc(N)nc2c1. The van der Waals surface area contributed by atoms with Crippen molar-refractivity contribution in [3.8, 4) is 11.5 Å². The number of fused-ring (bicyclic) bond motifs is 1. The first-order chi connectivity index (χ1) is 10.3. The molecule has 0 amide bonds. The van der Waals surface area contributed by atoms with Crippen LogP contribution < -0.4 is 15.2 Å². The zero-order chi connectivity index (χ0) is 14.7. The quantitative estimate of drug-likeness (QED) is 0.795. The lowest BCUT2D eigenvalue weighted by molar-refractivity contribution is 0.310. The van der Waals surface area contributed by atoms with Gasteiger partial charge in [-0.05, 0) is 17.7 Å². The van der Waals surface area contributed by atoms with E-state index in [0.29, 0.717) is 12.4 Å². The van der Waals surface area contributed by atoms with E-state index in [0.717, 1.165) is 28.0 Å². The van der Waals surface area contributed by atoms with Crippen molar-refractivity contribution < 1.29 is 9.47 Å². The van der Waals surface area contributed by atoms with Crippen LogP contribution >= 0.6 is 0 Å². The van der Waals surface area contributed by atoms with E-state index in [1.807, 2.05) is 48.5 Å². The highest BCUT2D eigenvalue weighted by Crippen LogP contribution is 2.29. The fourth-order valence-electron chi connectivity index (χ4n) is 2.18. The molecule has 0 aliphatic carbocycles. The van der Waals surface area contributed by atoms with E-state index in [1.165, 1.54) is 0 Å². The van der Waals surface area contributed by atoms with Crippen LogP contribution in [0.15, 0.2) is 54.6 Å². The molecule has 0 saturated heterocycles. The molecule has 4 nitrogen and oxygen atoms in total. The normalized spacial score (nSPS) is 10.5. The topological polar surface area (TPSA) is 57.4 Å². The predicted octanol–water partition coefficient (Wildman–Crippen LogP) is 3.40. The molecule has 0 aliphatic rings. The van der Waals surface area contributed by atoms with Crippen molar-refractivity contribution in [3.05, 3.63) is 60.2 Å². The summed E-state index contributed by atoms with van der Waals surface area (Å²) < 4.78 is 11.1. The van der Waals surface area contributed by atoms with E-state index < -0.39 is 0 Å². The summed E-state index contributed by atoms with van der Waals surface area (Å²) in [6.07, 6.45) is 0. The fraction of sp³-hybridized carbons (Fsp3) is 0.118. The van der Waals surface area contributed by atoms with Crippen molar-refractivity contribution >= 4 is 16.7 Å². The van der Waals surface area contributed by atoms with E-state index in [9.17, 15) is 0 Å². The number of benzene rings is 2. The summed E-state index contributed by atoms with van der Waals surface area (Å²) in [5.74, 6) is 1.90. The molecule has 1 heterocycles. The third-order valence-corrected chi connectivity index (χ3v) is 3.24. The van der Waals surface area contributed by atoms with Gasteiger partial charge in [-0.25, -0.2) is 4.98 Å². The molecular formula is C17H16N2O2. The predicted molar refractivity (Wildman–Crippen MR) is 83.5 cm³/mol. The fourth-order valence-corrected chi connectivity index (χ4v) is 2.18. The van der Waals surface area contributed by atoms with Gasteiger partial charge in [0, 0.05) is 17.5 Å². The smallest absolute Gasteiger partial charge is 0.132 e. The number of ether oxygens (including phenoxy) is 2. The molecule has 0 atom stereocenters. The van der Waals surface area contributed by atoms with Crippen LogP contribution in [0.2, 0.25) is 0 Å². The second-order valence-corrected chi connectivity index (χ2v) is 4.70. The van der Waals surface area contributed by atoms with Crippen molar-refractivity contribution in [3.63, 3.8) is 0 Å². The van der Waals surface area contributed by atoms with Crippen LogP contribution in [0.4, 0.5) is 5.82 Å². The molecule has 0 unspecified atom stereocenters. The van der Waals surface area contributed by atoms with Crippen molar-refractivity contribution in [2.75, 3.05) is 12.8 Å². The molecule has 0 fully saturated rings. The van der Waals surface area contributed by atoms with E-state index >= 15 is 0 Å². The number of nitrogen functional groups attached to an aromatic ring is 1. The number of nitrogens with zero attached hydrogens (tertiary/aromatic N) is 1. The Balaban J connectivity index is 1.94. The molecule has 3 aromatic rings.